The molecule has 2 fully saturated rings. The first-order valence-corrected chi connectivity index (χ1v) is 9.02. The Kier molecular flexibility index (Phi) is 4.15. The monoisotopic (exact) mass is 341 g/mol. The first kappa shape index (κ1) is 16.1. The molecule has 2 aliphatic rings. The quantitative estimate of drug-likeness (QED) is 0.920. The van der Waals surface area contributed by atoms with E-state index < -0.39 is 6.04 Å². The number of carbonyl (C=O) groups is 2. The van der Waals surface area contributed by atoms with Crippen LogP contribution in [0.1, 0.15) is 48.9 Å². The molecular weight excluding hydrogens is 318 g/mol. The maximum atomic E-state index is 12.7. The Balaban J connectivity index is 1.44. The van der Waals surface area contributed by atoms with Gasteiger partial charge in [-0.1, -0.05) is 19.3 Å². The third-order valence-electron chi connectivity index (χ3n) is 5.37. The second kappa shape index (κ2) is 6.46. The summed E-state index contributed by atoms with van der Waals surface area (Å²) >= 11 is 0. The molecule has 0 bridgehead atoms. The van der Waals surface area contributed by atoms with Crippen LogP contribution >= 0.6 is 0 Å². The number of imidazole rings is 1. The van der Waals surface area contributed by atoms with Gasteiger partial charge in [-0.3, -0.25) is 9.59 Å². The molecule has 1 aliphatic heterocycles. The smallest absolute Gasteiger partial charge is 0.253 e. The number of carbonyl (C=O) groups excluding carboxylic acids is 2. The third-order valence-corrected chi connectivity index (χ3v) is 5.37. The maximum Gasteiger partial charge on any atom is 0.253 e. The van der Waals surface area contributed by atoms with E-state index in [9.17, 15) is 9.59 Å². The molecule has 7 heteroatoms. The van der Waals surface area contributed by atoms with Crippen molar-refractivity contribution < 1.29 is 9.59 Å². The number of aromatic nitrogens is 3. The van der Waals surface area contributed by atoms with E-state index in [1.807, 2.05) is 11.9 Å². The number of amides is 2. The van der Waals surface area contributed by atoms with E-state index in [4.69, 9.17) is 0 Å². The molecule has 2 aromatic heterocycles. The molecule has 2 amide bonds. The fraction of sp³-hybridized carbons (Fsp3) is 0.556. The van der Waals surface area contributed by atoms with E-state index in [1.54, 1.807) is 17.0 Å². The van der Waals surface area contributed by atoms with Gasteiger partial charge in [-0.2, -0.15) is 0 Å². The van der Waals surface area contributed by atoms with Crippen molar-refractivity contribution in [1.29, 1.82) is 0 Å². The van der Waals surface area contributed by atoms with Gasteiger partial charge in [0.05, 0.1) is 11.9 Å². The van der Waals surface area contributed by atoms with Crippen LogP contribution in [0.4, 0.5) is 0 Å². The predicted molar refractivity (Wildman–Crippen MR) is 93.0 cm³/mol. The standard InChI is InChI=1S/C18H23N5O2/c1-22-11-20-15-9-12(10-19-16(15)22)17(24)21-14-7-8-23(18(14)25)13-5-3-2-4-6-13/h9-11,13-14H,2-8H2,1H3,(H,21,24). The Morgan fingerprint density at radius 2 is 2.00 bits per heavy atom. The minimum atomic E-state index is -0.422. The van der Waals surface area contributed by atoms with Crippen molar-refractivity contribution in [2.24, 2.45) is 7.05 Å². The molecule has 1 atom stereocenters. The number of hydrogen-bond donors (Lipinski definition) is 1. The van der Waals surface area contributed by atoms with Crippen LogP contribution in [0.2, 0.25) is 0 Å². The minimum absolute atomic E-state index is 0.0622. The largest absolute Gasteiger partial charge is 0.340 e. The van der Waals surface area contributed by atoms with Gasteiger partial charge in [0.15, 0.2) is 5.65 Å². The highest BCUT2D eigenvalue weighted by molar-refractivity contribution is 5.99. The minimum Gasteiger partial charge on any atom is -0.340 e. The zero-order valence-corrected chi connectivity index (χ0v) is 14.4. The summed E-state index contributed by atoms with van der Waals surface area (Å²) in [6.07, 6.45) is 9.73. The molecule has 4 rings (SSSR count). The first-order valence-electron chi connectivity index (χ1n) is 9.02. The zero-order valence-electron chi connectivity index (χ0n) is 14.4. The Morgan fingerprint density at radius 1 is 1.20 bits per heavy atom. The van der Waals surface area contributed by atoms with Gasteiger partial charge in [0.2, 0.25) is 5.91 Å². The normalized spacial score (nSPS) is 21.9. The third kappa shape index (κ3) is 2.99. The highest BCUT2D eigenvalue weighted by Crippen LogP contribution is 2.26. The van der Waals surface area contributed by atoms with Crippen LogP contribution in [0.3, 0.4) is 0 Å². The summed E-state index contributed by atoms with van der Waals surface area (Å²) in [5.41, 5.74) is 1.85. The summed E-state index contributed by atoms with van der Waals surface area (Å²) in [4.78, 5) is 35.7. The SMILES string of the molecule is Cn1cnc2cc(C(=O)NC3CCN(C4CCCCC4)C3=O)cnc21. The summed E-state index contributed by atoms with van der Waals surface area (Å²) in [7, 11) is 1.86. The van der Waals surface area contributed by atoms with Crippen molar-refractivity contribution in [3.63, 3.8) is 0 Å². The Hall–Kier alpha value is -2.44. The lowest BCUT2D eigenvalue weighted by Gasteiger charge is -2.31. The van der Waals surface area contributed by atoms with E-state index in [-0.39, 0.29) is 11.8 Å². The van der Waals surface area contributed by atoms with Gasteiger partial charge in [-0.25, -0.2) is 9.97 Å². The molecule has 0 aromatic carbocycles. The average molecular weight is 341 g/mol. The van der Waals surface area contributed by atoms with Crippen LogP contribution in [0, 0.1) is 0 Å². The van der Waals surface area contributed by atoms with Crippen molar-refractivity contribution in [1.82, 2.24) is 24.8 Å². The van der Waals surface area contributed by atoms with Gasteiger partial charge in [-0.15, -0.1) is 0 Å². The predicted octanol–water partition coefficient (Wildman–Crippen LogP) is 1.63. The molecule has 1 saturated carbocycles. The second-order valence-corrected chi connectivity index (χ2v) is 7.06. The fourth-order valence-corrected chi connectivity index (χ4v) is 3.97. The van der Waals surface area contributed by atoms with Crippen molar-refractivity contribution in [3.8, 4) is 0 Å². The number of pyridine rings is 1. The number of fused-ring (bicyclic) bond motifs is 1. The van der Waals surface area contributed by atoms with Gasteiger partial charge in [0, 0.05) is 25.8 Å². The summed E-state index contributed by atoms with van der Waals surface area (Å²) in [5.74, 6) is -0.198. The lowest BCUT2D eigenvalue weighted by Crippen LogP contribution is -2.45. The molecule has 25 heavy (non-hydrogen) atoms. The van der Waals surface area contributed by atoms with E-state index in [0.29, 0.717) is 23.5 Å². The second-order valence-electron chi connectivity index (χ2n) is 7.06. The molecule has 7 nitrogen and oxygen atoms in total. The molecule has 0 radical (unpaired) electrons. The van der Waals surface area contributed by atoms with Crippen LogP contribution < -0.4 is 5.32 Å². The molecule has 1 saturated heterocycles. The molecule has 1 N–H and O–H groups in total. The molecule has 2 aromatic rings. The van der Waals surface area contributed by atoms with Crippen LogP contribution in [0.15, 0.2) is 18.6 Å². The van der Waals surface area contributed by atoms with Crippen molar-refractivity contribution in [2.45, 2.75) is 50.6 Å². The maximum absolute atomic E-state index is 12.7. The molecule has 3 heterocycles. The van der Waals surface area contributed by atoms with Crippen LogP contribution in [-0.2, 0) is 11.8 Å². The van der Waals surface area contributed by atoms with Gasteiger partial charge in [0.1, 0.15) is 11.6 Å². The number of aryl methyl sites for hydroxylation is 1. The van der Waals surface area contributed by atoms with Crippen LogP contribution in [0.5, 0.6) is 0 Å². The van der Waals surface area contributed by atoms with Crippen LogP contribution in [0.25, 0.3) is 11.2 Å². The Bertz CT molecular complexity index is 809. The van der Waals surface area contributed by atoms with E-state index in [1.165, 1.54) is 25.5 Å². The van der Waals surface area contributed by atoms with Gasteiger partial charge in [-0.05, 0) is 25.3 Å². The molecule has 1 aliphatic carbocycles. The van der Waals surface area contributed by atoms with E-state index >= 15 is 0 Å². The zero-order chi connectivity index (χ0) is 17.4. The number of rotatable bonds is 3. The average Bonchev–Trinajstić information content (AvgIpc) is 3.19. The van der Waals surface area contributed by atoms with Gasteiger partial charge >= 0.3 is 0 Å². The number of hydrogen-bond acceptors (Lipinski definition) is 4. The van der Waals surface area contributed by atoms with Gasteiger partial charge in [0.25, 0.3) is 5.91 Å². The summed E-state index contributed by atoms with van der Waals surface area (Å²) in [5, 5.41) is 2.88. The Labute approximate surface area is 146 Å². The molecule has 0 spiro atoms. The number of nitrogens with one attached hydrogen (secondary N) is 1. The number of likely N-dealkylation sites (tertiary alicyclic amines) is 1. The van der Waals surface area contributed by atoms with Crippen molar-refractivity contribution in [3.05, 3.63) is 24.2 Å². The lowest BCUT2D eigenvalue weighted by molar-refractivity contribution is -0.131. The summed E-state index contributed by atoms with van der Waals surface area (Å²) in [6, 6.07) is 1.65. The highest BCUT2D eigenvalue weighted by Gasteiger charge is 2.37. The molecular formula is C18H23N5O2. The van der Waals surface area contributed by atoms with Crippen molar-refractivity contribution in [2.75, 3.05) is 6.54 Å². The van der Waals surface area contributed by atoms with E-state index in [2.05, 4.69) is 15.3 Å². The fourth-order valence-electron chi connectivity index (χ4n) is 3.97. The Morgan fingerprint density at radius 3 is 2.80 bits per heavy atom. The van der Waals surface area contributed by atoms with Gasteiger partial charge < -0.3 is 14.8 Å². The molecule has 132 valence electrons. The molecule has 1 unspecified atom stereocenters. The number of nitrogens with zero attached hydrogens (tertiary/aromatic N) is 4. The summed E-state index contributed by atoms with van der Waals surface area (Å²) in [6.45, 7) is 0.742. The summed E-state index contributed by atoms with van der Waals surface area (Å²) < 4.78 is 1.81. The topological polar surface area (TPSA) is 80.1 Å². The first-order chi connectivity index (χ1) is 12.1. The van der Waals surface area contributed by atoms with Crippen molar-refractivity contribution >= 4 is 23.0 Å². The highest BCUT2D eigenvalue weighted by atomic mass is 16.2. The van der Waals surface area contributed by atoms with Crippen LogP contribution in [-0.4, -0.2) is 49.9 Å². The van der Waals surface area contributed by atoms with E-state index in [0.717, 1.165) is 25.0 Å². The lowest BCUT2D eigenvalue weighted by atomic mass is 9.94.